The summed E-state index contributed by atoms with van der Waals surface area (Å²) in [7, 11) is 0. The summed E-state index contributed by atoms with van der Waals surface area (Å²) < 4.78 is 13.6. The van der Waals surface area contributed by atoms with Gasteiger partial charge in [-0.2, -0.15) is 5.26 Å². The number of piperidine rings is 1. The van der Waals surface area contributed by atoms with E-state index in [1.807, 2.05) is 62.1 Å². The normalized spacial score (nSPS) is 17.6. The lowest BCUT2D eigenvalue weighted by atomic mass is 9.94. The number of anilines is 3. The van der Waals surface area contributed by atoms with E-state index in [1.54, 1.807) is 11.0 Å². The van der Waals surface area contributed by atoms with Crippen LogP contribution in [0.3, 0.4) is 0 Å². The van der Waals surface area contributed by atoms with Crippen molar-refractivity contribution in [2.75, 3.05) is 47.8 Å². The van der Waals surface area contributed by atoms with E-state index in [4.69, 9.17) is 5.73 Å². The summed E-state index contributed by atoms with van der Waals surface area (Å²) in [4.78, 5) is 32.3. The second-order valence-corrected chi connectivity index (χ2v) is 11.3. The number of hydrogen-bond acceptors (Lipinski definition) is 6. The first-order valence-electron chi connectivity index (χ1n) is 14.4. The van der Waals surface area contributed by atoms with Crippen molar-refractivity contribution >= 4 is 28.9 Å². The summed E-state index contributed by atoms with van der Waals surface area (Å²) in [5, 5.41) is 13.2. The summed E-state index contributed by atoms with van der Waals surface area (Å²) in [6.45, 7) is 8.67. The van der Waals surface area contributed by atoms with E-state index in [0.29, 0.717) is 24.2 Å². The molecule has 9 heteroatoms. The molecule has 0 bridgehead atoms. The highest BCUT2D eigenvalue weighted by Crippen LogP contribution is 2.32. The molecule has 5 rings (SSSR count). The Hall–Kier alpha value is -4.58. The first kappa shape index (κ1) is 28.9. The minimum Gasteiger partial charge on any atom is -0.382 e. The van der Waals surface area contributed by atoms with Crippen LogP contribution in [-0.4, -0.2) is 61.5 Å². The zero-order valence-electron chi connectivity index (χ0n) is 24.4. The van der Waals surface area contributed by atoms with Crippen molar-refractivity contribution in [3.05, 3.63) is 88.2 Å². The predicted octanol–water partition coefficient (Wildman–Crippen LogP) is 4.52. The van der Waals surface area contributed by atoms with Crippen LogP contribution in [0.4, 0.5) is 21.5 Å². The highest BCUT2D eigenvalue weighted by atomic mass is 19.1. The molecule has 0 aliphatic carbocycles. The van der Waals surface area contributed by atoms with E-state index in [-0.39, 0.29) is 18.5 Å². The van der Waals surface area contributed by atoms with Crippen LogP contribution in [0.2, 0.25) is 0 Å². The topological polar surface area (TPSA) is 106 Å². The Kier molecular flexibility index (Phi) is 8.34. The highest BCUT2D eigenvalue weighted by molar-refractivity contribution is 5.99. The maximum atomic E-state index is 14.0. The van der Waals surface area contributed by atoms with E-state index in [9.17, 15) is 19.2 Å². The molecule has 2 fully saturated rings. The van der Waals surface area contributed by atoms with E-state index in [0.717, 1.165) is 59.7 Å². The third kappa shape index (κ3) is 5.75. The summed E-state index contributed by atoms with van der Waals surface area (Å²) in [6.07, 6.45) is 1.67. The second-order valence-electron chi connectivity index (χ2n) is 11.3. The zero-order valence-corrected chi connectivity index (χ0v) is 24.4. The van der Waals surface area contributed by atoms with Crippen LogP contribution in [0.15, 0.2) is 54.6 Å². The molecular formula is C33H37FN6O2. The minimum atomic E-state index is -0.610. The third-order valence-electron chi connectivity index (χ3n) is 8.53. The van der Waals surface area contributed by atoms with Crippen LogP contribution >= 0.6 is 0 Å². The lowest BCUT2D eigenvalue weighted by molar-refractivity contribution is -0.119. The van der Waals surface area contributed by atoms with Crippen LogP contribution in [0.1, 0.15) is 45.5 Å². The Morgan fingerprint density at radius 3 is 2.36 bits per heavy atom. The Morgan fingerprint density at radius 2 is 1.69 bits per heavy atom. The fourth-order valence-corrected chi connectivity index (χ4v) is 6.38. The van der Waals surface area contributed by atoms with Gasteiger partial charge in [-0.15, -0.1) is 0 Å². The number of nitrogens with two attached hydrogens (primary N) is 1. The zero-order chi connectivity index (χ0) is 30.0. The second kappa shape index (κ2) is 12.1. The van der Waals surface area contributed by atoms with Gasteiger partial charge >= 0.3 is 0 Å². The van der Waals surface area contributed by atoms with Gasteiger partial charge in [0.2, 0.25) is 5.91 Å². The predicted molar refractivity (Wildman–Crippen MR) is 163 cm³/mol. The Labute approximate surface area is 246 Å². The Balaban J connectivity index is 1.31. The average molecular weight is 569 g/mol. The van der Waals surface area contributed by atoms with E-state index in [1.165, 1.54) is 12.1 Å². The van der Waals surface area contributed by atoms with Crippen molar-refractivity contribution in [2.45, 2.75) is 45.7 Å². The number of nitrogens with zero attached hydrogens (tertiary/aromatic N) is 4. The number of rotatable bonds is 6. The number of carbonyl (C=O) groups excluding carboxylic acids is 2. The van der Waals surface area contributed by atoms with Gasteiger partial charge in [0, 0.05) is 49.2 Å². The van der Waals surface area contributed by atoms with Crippen LogP contribution in [0.5, 0.6) is 0 Å². The molecule has 1 atom stereocenters. The molecule has 1 unspecified atom stereocenters. The molecule has 2 amide bonds. The van der Waals surface area contributed by atoms with Crippen molar-refractivity contribution in [3.63, 3.8) is 0 Å². The molecule has 3 aromatic rings. The smallest absolute Gasteiger partial charge is 0.254 e. The molecular weight excluding hydrogens is 531 g/mol. The van der Waals surface area contributed by atoms with Crippen molar-refractivity contribution in [2.24, 2.45) is 5.73 Å². The SMILES string of the molecule is Cc1cc(C)c(C(=O)N2CCN(c3ccccc3)C(C(N)=O)C2)c(C)c1NC1CCN(c2ccc(F)cc2C#N)CC1. The van der Waals surface area contributed by atoms with Gasteiger partial charge in [0.25, 0.3) is 5.91 Å². The van der Waals surface area contributed by atoms with Gasteiger partial charge in [0.15, 0.2) is 0 Å². The largest absolute Gasteiger partial charge is 0.382 e. The highest BCUT2D eigenvalue weighted by Gasteiger charge is 2.35. The van der Waals surface area contributed by atoms with Crippen molar-refractivity contribution in [3.8, 4) is 6.07 Å². The molecule has 2 saturated heterocycles. The molecule has 218 valence electrons. The molecule has 0 spiro atoms. The van der Waals surface area contributed by atoms with Gasteiger partial charge in [-0.3, -0.25) is 9.59 Å². The molecule has 0 saturated carbocycles. The molecule has 2 aliphatic rings. The lowest BCUT2D eigenvalue weighted by Crippen LogP contribution is -2.59. The first-order valence-corrected chi connectivity index (χ1v) is 14.4. The number of nitriles is 1. The monoisotopic (exact) mass is 568 g/mol. The minimum absolute atomic E-state index is 0.0952. The summed E-state index contributed by atoms with van der Waals surface area (Å²) >= 11 is 0. The van der Waals surface area contributed by atoms with Crippen LogP contribution < -0.4 is 20.9 Å². The maximum Gasteiger partial charge on any atom is 0.254 e. The van der Waals surface area contributed by atoms with E-state index in [2.05, 4.69) is 16.3 Å². The molecule has 0 radical (unpaired) electrons. The fourth-order valence-electron chi connectivity index (χ4n) is 6.38. The van der Waals surface area contributed by atoms with E-state index < -0.39 is 17.8 Å². The number of primary amides is 1. The number of carbonyl (C=O) groups is 2. The summed E-state index contributed by atoms with van der Waals surface area (Å²) in [5.74, 6) is -0.960. The number of para-hydroxylation sites is 1. The third-order valence-corrected chi connectivity index (χ3v) is 8.53. The molecule has 3 N–H and O–H groups in total. The van der Waals surface area contributed by atoms with Crippen LogP contribution in [0.25, 0.3) is 0 Å². The van der Waals surface area contributed by atoms with Gasteiger partial charge in [0.1, 0.15) is 17.9 Å². The number of nitrogens with one attached hydrogen (secondary N) is 1. The summed E-state index contributed by atoms with van der Waals surface area (Å²) in [6, 6.07) is 17.8. The van der Waals surface area contributed by atoms with E-state index >= 15 is 0 Å². The molecule has 2 heterocycles. The average Bonchev–Trinajstić information content (AvgIpc) is 2.99. The number of hydrogen-bond donors (Lipinski definition) is 2. The van der Waals surface area contributed by atoms with Crippen LogP contribution in [0, 0.1) is 37.9 Å². The van der Waals surface area contributed by atoms with Crippen molar-refractivity contribution in [1.29, 1.82) is 5.26 Å². The van der Waals surface area contributed by atoms with Gasteiger partial charge in [0.05, 0.1) is 17.8 Å². The lowest BCUT2D eigenvalue weighted by Gasteiger charge is -2.41. The number of aryl methyl sites for hydroxylation is 2. The fraction of sp³-hybridized carbons (Fsp3) is 0.364. The molecule has 3 aromatic carbocycles. The van der Waals surface area contributed by atoms with Crippen LogP contribution in [-0.2, 0) is 4.79 Å². The summed E-state index contributed by atoms with van der Waals surface area (Å²) in [5.41, 5.74) is 12.3. The standard InChI is InChI=1S/C33H37FN6O2/c1-21-17-22(2)31(37-26-11-13-38(14-12-26)28-10-9-25(34)18-24(28)19-35)23(3)30(21)33(42)39-15-16-40(29(20-39)32(36)41)27-7-5-4-6-8-27/h4-10,17-18,26,29,37H,11-16,20H2,1-3H3,(H2,36,41). The number of benzene rings is 3. The number of amides is 2. The molecule has 0 aromatic heterocycles. The van der Waals surface area contributed by atoms with Gasteiger partial charge in [-0.25, -0.2) is 4.39 Å². The first-order chi connectivity index (χ1) is 20.2. The quantitative estimate of drug-likeness (QED) is 0.453. The van der Waals surface area contributed by atoms with Gasteiger partial charge in [-0.1, -0.05) is 24.3 Å². The van der Waals surface area contributed by atoms with Crippen molar-refractivity contribution in [1.82, 2.24) is 4.90 Å². The Bertz CT molecular complexity index is 1530. The van der Waals surface area contributed by atoms with Gasteiger partial charge < -0.3 is 25.8 Å². The molecule has 2 aliphatic heterocycles. The number of piperazine rings is 1. The van der Waals surface area contributed by atoms with Crippen molar-refractivity contribution < 1.29 is 14.0 Å². The van der Waals surface area contributed by atoms with Gasteiger partial charge in [-0.05, 0) is 80.6 Å². The number of halogens is 1. The maximum absolute atomic E-state index is 14.0. The Morgan fingerprint density at radius 1 is 0.976 bits per heavy atom. The molecule has 8 nitrogen and oxygen atoms in total. The molecule has 42 heavy (non-hydrogen) atoms.